The molecule has 0 saturated carbocycles. The van der Waals surface area contributed by atoms with Gasteiger partial charge in [-0.2, -0.15) is 0 Å². The van der Waals surface area contributed by atoms with Crippen molar-refractivity contribution in [1.82, 2.24) is 29.2 Å². The molecule has 44 heavy (non-hydrogen) atoms. The van der Waals surface area contributed by atoms with Gasteiger partial charge >= 0.3 is 11.9 Å². The largest absolute Gasteiger partial charge is 0.457 e. The highest BCUT2D eigenvalue weighted by Gasteiger charge is 2.50. The minimum Gasteiger partial charge on any atom is -0.457 e. The SMILES string of the molecule is CCCCCn1cnc2c3c(nc4c(cn5c(=O)c6c(cc45)[C@](CC)(OC(=O)CN(C)C(=O)CNC)C(=O)OC6)c31)=CCC=2. The second-order valence-electron chi connectivity index (χ2n) is 11.4. The van der Waals surface area contributed by atoms with Crippen molar-refractivity contribution in [1.29, 1.82) is 0 Å². The van der Waals surface area contributed by atoms with E-state index >= 15 is 0 Å². The molecule has 1 atom stereocenters. The highest BCUT2D eigenvalue weighted by molar-refractivity contribution is 6.10. The number of aromatic nitrogens is 4. The Hall–Kier alpha value is -4.58. The molecule has 1 aliphatic carbocycles. The predicted octanol–water partition coefficient (Wildman–Crippen LogP) is 1.24. The molecule has 0 radical (unpaired) electrons. The number of fused-ring (bicyclic) bond motifs is 5. The van der Waals surface area contributed by atoms with Crippen LogP contribution in [0.2, 0.25) is 0 Å². The maximum absolute atomic E-state index is 14.1. The minimum atomic E-state index is -1.85. The number of nitrogens with zero attached hydrogens (tertiary/aromatic N) is 5. The molecule has 2 aliphatic rings. The van der Waals surface area contributed by atoms with Gasteiger partial charge in [-0.05, 0) is 32.4 Å². The number of amides is 1. The standard InChI is InChI=1S/C32H36N6O6/c1-5-7-8-12-37-18-34-22-10-9-11-23-27(22)29(37)19-15-38-24(28(19)35-23)13-21-20(30(38)41)17-43-31(42)32(21,6-2)44-26(40)16-36(4)25(39)14-33-3/h10-11,13,15,18,33H,5-9,12,14,16-17H2,1-4H3/t32-/m0/s1. The Labute approximate surface area is 253 Å². The fourth-order valence-electron chi connectivity index (χ4n) is 6.28. The highest BCUT2D eigenvalue weighted by Crippen LogP contribution is 2.38. The zero-order valence-corrected chi connectivity index (χ0v) is 25.4. The molecule has 0 aromatic carbocycles. The molecule has 12 nitrogen and oxygen atoms in total. The molecule has 6 rings (SSSR count). The first-order valence-electron chi connectivity index (χ1n) is 15.1. The van der Waals surface area contributed by atoms with Gasteiger partial charge in [0.25, 0.3) is 5.56 Å². The third kappa shape index (κ3) is 4.64. The zero-order chi connectivity index (χ0) is 31.2. The van der Waals surface area contributed by atoms with Crippen molar-refractivity contribution >= 4 is 57.3 Å². The quantitative estimate of drug-likeness (QED) is 0.211. The molecule has 1 N–H and O–H groups in total. The van der Waals surface area contributed by atoms with Crippen molar-refractivity contribution in [2.75, 3.05) is 27.2 Å². The second-order valence-corrected chi connectivity index (χ2v) is 11.4. The van der Waals surface area contributed by atoms with Gasteiger partial charge in [-0.15, -0.1) is 0 Å². The number of carbonyl (C=O) groups excluding carboxylic acids is 3. The zero-order valence-electron chi connectivity index (χ0n) is 25.4. The molecular formula is C32H36N6O6. The number of unbranched alkanes of at least 4 members (excludes halogenated alkanes) is 2. The average Bonchev–Trinajstić information content (AvgIpc) is 3.38. The van der Waals surface area contributed by atoms with Crippen molar-refractivity contribution < 1.29 is 23.9 Å². The molecule has 0 bridgehead atoms. The monoisotopic (exact) mass is 600 g/mol. The van der Waals surface area contributed by atoms with Crippen LogP contribution in [0.15, 0.2) is 23.4 Å². The number of carbonyl (C=O) groups is 3. The molecule has 230 valence electrons. The maximum Gasteiger partial charge on any atom is 0.355 e. The predicted molar refractivity (Wildman–Crippen MR) is 164 cm³/mol. The van der Waals surface area contributed by atoms with Gasteiger partial charge in [0, 0.05) is 36.1 Å². The minimum absolute atomic E-state index is 0.0324. The van der Waals surface area contributed by atoms with Crippen LogP contribution in [0, 0.1) is 0 Å². The number of nitrogens with one attached hydrogen (secondary N) is 1. The number of pyridine rings is 2. The van der Waals surface area contributed by atoms with Crippen LogP contribution in [0.3, 0.4) is 0 Å². The molecule has 0 saturated heterocycles. The first kappa shape index (κ1) is 29.5. The van der Waals surface area contributed by atoms with Gasteiger partial charge in [0.05, 0.1) is 45.7 Å². The van der Waals surface area contributed by atoms with Gasteiger partial charge in [0.1, 0.15) is 13.2 Å². The van der Waals surface area contributed by atoms with Crippen LogP contribution in [0.1, 0.15) is 57.1 Å². The summed E-state index contributed by atoms with van der Waals surface area (Å²) < 4.78 is 15.0. The lowest BCUT2D eigenvalue weighted by Gasteiger charge is -2.35. The fourth-order valence-corrected chi connectivity index (χ4v) is 6.28. The van der Waals surface area contributed by atoms with E-state index in [4.69, 9.17) is 19.4 Å². The van der Waals surface area contributed by atoms with Crippen molar-refractivity contribution in [3.8, 4) is 0 Å². The number of likely N-dealkylation sites (N-methyl/N-ethyl adjacent to an activating group) is 2. The molecule has 1 amide bonds. The lowest BCUT2D eigenvalue weighted by molar-refractivity contribution is -0.190. The molecule has 12 heteroatoms. The first-order chi connectivity index (χ1) is 21.2. The number of esters is 2. The maximum atomic E-state index is 14.1. The Morgan fingerprint density at radius 3 is 2.73 bits per heavy atom. The summed E-state index contributed by atoms with van der Waals surface area (Å²) in [7, 11) is 3.11. The van der Waals surface area contributed by atoms with Crippen LogP contribution in [0.5, 0.6) is 0 Å². The summed E-state index contributed by atoms with van der Waals surface area (Å²) in [5.41, 5.74) is 0.370. The van der Waals surface area contributed by atoms with Gasteiger partial charge in [-0.1, -0.05) is 38.8 Å². The topological polar surface area (TPSA) is 137 Å². The molecule has 0 unspecified atom stereocenters. The van der Waals surface area contributed by atoms with E-state index in [2.05, 4.69) is 22.9 Å². The summed E-state index contributed by atoms with van der Waals surface area (Å²) in [5, 5.41) is 6.15. The Bertz CT molecular complexity index is 2030. The Morgan fingerprint density at radius 1 is 1.18 bits per heavy atom. The smallest absolute Gasteiger partial charge is 0.355 e. The fraction of sp³-hybridized carbons (Fsp3) is 0.438. The van der Waals surface area contributed by atoms with Gasteiger partial charge in [0.2, 0.25) is 11.5 Å². The molecule has 0 spiro atoms. The average molecular weight is 601 g/mol. The number of aryl methyl sites for hydroxylation is 1. The normalized spacial score (nSPS) is 17.2. The molecule has 0 fully saturated rings. The van der Waals surface area contributed by atoms with Crippen LogP contribution in [-0.4, -0.2) is 68.9 Å². The van der Waals surface area contributed by atoms with Gasteiger partial charge < -0.3 is 24.3 Å². The number of cyclic esters (lactones) is 1. The van der Waals surface area contributed by atoms with Crippen molar-refractivity contribution in [2.24, 2.45) is 0 Å². The second kappa shape index (κ2) is 11.5. The van der Waals surface area contributed by atoms with E-state index < -0.39 is 17.5 Å². The van der Waals surface area contributed by atoms with Gasteiger partial charge in [0.15, 0.2) is 0 Å². The first-order valence-corrected chi connectivity index (χ1v) is 15.1. The lowest BCUT2D eigenvalue weighted by atomic mass is 9.86. The van der Waals surface area contributed by atoms with Crippen LogP contribution in [0.25, 0.3) is 39.5 Å². The summed E-state index contributed by atoms with van der Waals surface area (Å²) in [5.74, 6) is -1.86. The van der Waals surface area contributed by atoms with Crippen molar-refractivity contribution in [3.05, 3.63) is 50.8 Å². The lowest BCUT2D eigenvalue weighted by Crippen LogP contribution is -2.48. The van der Waals surface area contributed by atoms with E-state index in [0.29, 0.717) is 17.5 Å². The summed E-state index contributed by atoms with van der Waals surface area (Å²) in [4.78, 5) is 63.7. The molecule has 4 aromatic heterocycles. The summed E-state index contributed by atoms with van der Waals surface area (Å²) in [6.07, 6.45) is 11.6. The summed E-state index contributed by atoms with van der Waals surface area (Å²) in [6, 6.07) is 1.73. The van der Waals surface area contributed by atoms with E-state index in [-0.39, 0.29) is 48.7 Å². The van der Waals surface area contributed by atoms with Crippen LogP contribution in [-0.2, 0) is 42.6 Å². The third-order valence-corrected chi connectivity index (χ3v) is 8.60. The van der Waals surface area contributed by atoms with Gasteiger partial charge in [-0.25, -0.2) is 14.8 Å². The number of hydrogen-bond acceptors (Lipinski definition) is 9. The van der Waals surface area contributed by atoms with Crippen molar-refractivity contribution in [3.63, 3.8) is 0 Å². The summed E-state index contributed by atoms with van der Waals surface area (Å²) in [6.45, 7) is 4.05. The number of rotatable bonds is 10. The number of hydrogen-bond donors (Lipinski definition) is 1. The number of ether oxygens (including phenoxy) is 2. The Balaban J connectivity index is 1.55. The highest BCUT2D eigenvalue weighted by atomic mass is 16.6. The van der Waals surface area contributed by atoms with E-state index in [1.54, 1.807) is 30.6 Å². The third-order valence-electron chi connectivity index (χ3n) is 8.60. The molecule has 4 aromatic rings. The van der Waals surface area contributed by atoms with E-state index in [9.17, 15) is 19.2 Å². The van der Waals surface area contributed by atoms with Crippen LogP contribution >= 0.6 is 0 Å². The van der Waals surface area contributed by atoms with E-state index in [0.717, 1.165) is 52.8 Å². The summed E-state index contributed by atoms with van der Waals surface area (Å²) >= 11 is 0. The van der Waals surface area contributed by atoms with E-state index in [1.165, 1.54) is 11.9 Å². The molecule has 5 heterocycles. The molecular weight excluding hydrogens is 564 g/mol. The van der Waals surface area contributed by atoms with Crippen molar-refractivity contribution in [2.45, 2.75) is 64.7 Å². The van der Waals surface area contributed by atoms with Crippen LogP contribution < -0.4 is 21.6 Å². The van der Waals surface area contributed by atoms with Gasteiger partial charge in [-0.3, -0.25) is 18.8 Å². The Morgan fingerprint density at radius 2 is 1.98 bits per heavy atom. The van der Waals surface area contributed by atoms with Crippen LogP contribution in [0.4, 0.5) is 0 Å². The Kier molecular flexibility index (Phi) is 7.70. The molecule has 1 aliphatic heterocycles. The van der Waals surface area contributed by atoms with E-state index in [1.807, 2.05) is 12.4 Å².